The first kappa shape index (κ1) is 17.9. The van der Waals surface area contributed by atoms with E-state index in [1.54, 1.807) is 11.3 Å². The third-order valence-corrected chi connectivity index (χ3v) is 5.48. The molecule has 0 aliphatic rings. The van der Waals surface area contributed by atoms with Crippen molar-refractivity contribution >= 4 is 46.0 Å². The molecule has 5 heteroatoms. The SMILES string of the molecule is Cc1cc(NC(=S)N(Cc2ccccc2)Cc2cccs2)ccc1Cl. The van der Waals surface area contributed by atoms with Crippen LogP contribution in [-0.2, 0) is 13.1 Å². The summed E-state index contributed by atoms with van der Waals surface area (Å²) in [6, 6.07) is 20.4. The molecule has 0 saturated carbocycles. The van der Waals surface area contributed by atoms with Gasteiger partial charge in [0.15, 0.2) is 5.11 Å². The molecule has 128 valence electrons. The number of nitrogens with zero attached hydrogens (tertiary/aromatic N) is 1. The fourth-order valence-electron chi connectivity index (χ4n) is 2.52. The average molecular weight is 387 g/mol. The molecule has 3 rings (SSSR count). The molecule has 2 aromatic carbocycles. The van der Waals surface area contributed by atoms with Gasteiger partial charge in [-0.2, -0.15) is 0 Å². The van der Waals surface area contributed by atoms with Gasteiger partial charge in [0.1, 0.15) is 0 Å². The van der Waals surface area contributed by atoms with Gasteiger partial charge >= 0.3 is 0 Å². The predicted octanol–water partition coefficient (Wildman–Crippen LogP) is 6.11. The van der Waals surface area contributed by atoms with Gasteiger partial charge in [-0.25, -0.2) is 0 Å². The van der Waals surface area contributed by atoms with Crippen molar-refractivity contribution in [1.82, 2.24) is 4.90 Å². The van der Waals surface area contributed by atoms with Crippen LogP contribution in [0.5, 0.6) is 0 Å². The normalized spacial score (nSPS) is 10.5. The molecular formula is C20H19ClN2S2. The van der Waals surface area contributed by atoms with Crippen LogP contribution < -0.4 is 5.32 Å². The Kier molecular flexibility index (Phi) is 6.08. The van der Waals surface area contributed by atoms with E-state index in [0.29, 0.717) is 5.11 Å². The largest absolute Gasteiger partial charge is 0.340 e. The summed E-state index contributed by atoms with van der Waals surface area (Å²) in [6.45, 7) is 3.53. The molecule has 25 heavy (non-hydrogen) atoms. The highest BCUT2D eigenvalue weighted by Gasteiger charge is 2.12. The third kappa shape index (κ3) is 5.05. The lowest BCUT2D eigenvalue weighted by Gasteiger charge is -2.26. The Morgan fingerprint density at radius 3 is 2.56 bits per heavy atom. The standard InChI is InChI=1S/C20H19ClN2S2/c1-15-12-17(9-10-19(15)21)22-20(24)23(14-18-8-5-11-25-18)13-16-6-3-2-4-7-16/h2-12H,13-14H2,1H3,(H,22,24). The first-order valence-electron chi connectivity index (χ1n) is 8.00. The topological polar surface area (TPSA) is 15.3 Å². The van der Waals surface area contributed by atoms with Crippen molar-refractivity contribution in [2.45, 2.75) is 20.0 Å². The van der Waals surface area contributed by atoms with Crippen LogP contribution in [0.1, 0.15) is 16.0 Å². The predicted molar refractivity (Wildman–Crippen MR) is 112 cm³/mol. The quantitative estimate of drug-likeness (QED) is 0.532. The Morgan fingerprint density at radius 2 is 1.88 bits per heavy atom. The number of halogens is 1. The van der Waals surface area contributed by atoms with Gasteiger partial charge in [0.05, 0.1) is 6.54 Å². The summed E-state index contributed by atoms with van der Waals surface area (Å²) in [4.78, 5) is 3.47. The van der Waals surface area contributed by atoms with Gasteiger partial charge in [-0.1, -0.05) is 48.0 Å². The molecule has 0 spiro atoms. The van der Waals surface area contributed by atoms with Crippen molar-refractivity contribution in [2.24, 2.45) is 0 Å². The summed E-state index contributed by atoms with van der Waals surface area (Å²) in [5, 5.41) is 6.91. The number of aryl methyl sites for hydroxylation is 1. The van der Waals surface area contributed by atoms with Crippen LogP contribution in [0.25, 0.3) is 0 Å². The van der Waals surface area contributed by atoms with E-state index in [2.05, 4.69) is 52.0 Å². The zero-order chi connectivity index (χ0) is 17.6. The minimum atomic E-state index is 0.707. The second kappa shape index (κ2) is 8.48. The number of thiocarbonyl (C=S) groups is 1. The number of rotatable bonds is 5. The monoisotopic (exact) mass is 386 g/mol. The van der Waals surface area contributed by atoms with Crippen LogP contribution in [0.4, 0.5) is 5.69 Å². The molecule has 0 unspecified atom stereocenters. The van der Waals surface area contributed by atoms with E-state index < -0.39 is 0 Å². The Hall–Kier alpha value is -1.88. The molecule has 1 heterocycles. The van der Waals surface area contributed by atoms with Gasteiger partial charge in [-0.15, -0.1) is 11.3 Å². The van der Waals surface area contributed by atoms with Gasteiger partial charge in [-0.3, -0.25) is 0 Å². The Labute approximate surface area is 163 Å². The third-order valence-electron chi connectivity index (χ3n) is 3.84. The van der Waals surface area contributed by atoms with E-state index in [9.17, 15) is 0 Å². The van der Waals surface area contributed by atoms with Crippen molar-refractivity contribution in [3.8, 4) is 0 Å². The fourth-order valence-corrected chi connectivity index (χ4v) is 3.60. The zero-order valence-corrected chi connectivity index (χ0v) is 16.3. The molecule has 0 aliphatic carbocycles. The Bertz CT molecular complexity index is 832. The van der Waals surface area contributed by atoms with Gasteiger partial charge in [0, 0.05) is 22.1 Å². The molecule has 0 atom stereocenters. The lowest BCUT2D eigenvalue weighted by atomic mass is 10.2. The summed E-state index contributed by atoms with van der Waals surface area (Å²) in [7, 11) is 0. The fraction of sp³-hybridized carbons (Fsp3) is 0.150. The maximum absolute atomic E-state index is 6.11. The number of anilines is 1. The van der Waals surface area contributed by atoms with Crippen molar-refractivity contribution in [1.29, 1.82) is 0 Å². The number of thiophene rings is 1. The van der Waals surface area contributed by atoms with Crippen LogP contribution in [0.3, 0.4) is 0 Å². The number of nitrogens with one attached hydrogen (secondary N) is 1. The number of hydrogen-bond donors (Lipinski definition) is 1. The van der Waals surface area contributed by atoms with E-state index >= 15 is 0 Å². The second-order valence-electron chi connectivity index (χ2n) is 5.82. The van der Waals surface area contributed by atoms with Gasteiger partial charge in [0.2, 0.25) is 0 Å². The van der Waals surface area contributed by atoms with Crippen molar-refractivity contribution in [3.05, 3.63) is 87.1 Å². The highest BCUT2D eigenvalue weighted by molar-refractivity contribution is 7.80. The van der Waals surface area contributed by atoms with E-state index in [1.165, 1.54) is 10.4 Å². The molecule has 0 amide bonds. The molecule has 0 bridgehead atoms. The second-order valence-corrected chi connectivity index (χ2v) is 7.64. The van der Waals surface area contributed by atoms with Crippen LogP contribution in [-0.4, -0.2) is 10.0 Å². The molecule has 0 radical (unpaired) electrons. The van der Waals surface area contributed by atoms with Crippen LogP contribution >= 0.6 is 35.2 Å². The van der Waals surface area contributed by atoms with E-state index in [4.69, 9.17) is 23.8 Å². The summed E-state index contributed by atoms with van der Waals surface area (Å²) in [5.74, 6) is 0. The summed E-state index contributed by atoms with van der Waals surface area (Å²) < 4.78 is 0. The Balaban J connectivity index is 1.77. The number of benzene rings is 2. The molecule has 0 aliphatic heterocycles. The van der Waals surface area contributed by atoms with Crippen LogP contribution in [0, 0.1) is 6.92 Å². The van der Waals surface area contributed by atoms with E-state index in [0.717, 1.165) is 29.4 Å². The smallest absolute Gasteiger partial charge is 0.174 e. The summed E-state index contributed by atoms with van der Waals surface area (Å²) >= 11 is 13.5. The minimum Gasteiger partial charge on any atom is -0.340 e. The van der Waals surface area contributed by atoms with Crippen molar-refractivity contribution in [3.63, 3.8) is 0 Å². The van der Waals surface area contributed by atoms with Gasteiger partial charge in [-0.05, 0) is 59.9 Å². The Morgan fingerprint density at radius 1 is 1.08 bits per heavy atom. The van der Waals surface area contributed by atoms with Gasteiger partial charge < -0.3 is 10.2 Å². The molecular weight excluding hydrogens is 368 g/mol. The molecule has 1 aromatic heterocycles. The minimum absolute atomic E-state index is 0.707. The summed E-state index contributed by atoms with van der Waals surface area (Å²) in [6.07, 6.45) is 0. The van der Waals surface area contributed by atoms with Crippen LogP contribution in [0.2, 0.25) is 5.02 Å². The average Bonchev–Trinajstić information content (AvgIpc) is 3.12. The highest BCUT2D eigenvalue weighted by atomic mass is 35.5. The molecule has 1 N–H and O–H groups in total. The summed E-state index contributed by atoms with van der Waals surface area (Å²) in [5.41, 5.74) is 3.22. The first-order chi connectivity index (χ1) is 12.1. The lowest BCUT2D eigenvalue weighted by Crippen LogP contribution is -2.33. The van der Waals surface area contributed by atoms with Crippen LogP contribution in [0.15, 0.2) is 66.0 Å². The van der Waals surface area contributed by atoms with Crippen molar-refractivity contribution < 1.29 is 0 Å². The molecule has 3 aromatic rings. The molecule has 0 fully saturated rings. The maximum atomic E-state index is 6.11. The highest BCUT2D eigenvalue weighted by Crippen LogP contribution is 2.21. The van der Waals surface area contributed by atoms with Crippen molar-refractivity contribution in [2.75, 3.05) is 5.32 Å². The van der Waals surface area contributed by atoms with E-state index in [-0.39, 0.29) is 0 Å². The molecule has 2 nitrogen and oxygen atoms in total. The number of hydrogen-bond acceptors (Lipinski definition) is 2. The van der Waals surface area contributed by atoms with E-state index in [1.807, 2.05) is 31.2 Å². The first-order valence-corrected chi connectivity index (χ1v) is 9.67. The van der Waals surface area contributed by atoms with Gasteiger partial charge in [0.25, 0.3) is 0 Å². The molecule has 0 saturated heterocycles. The zero-order valence-electron chi connectivity index (χ0n) is 13.9. The lowest BCUT2D eigenvalue weighted by molar-refractivity contribution is 0.416. The maximum Gasteiger partial charge on any atom is 0.174 e.